The van der Waals surface area contributed by atoms with Crippen molar-refractivity contribution in [3.05, 3.63) is 88.7 Å². The van der Waals surface area contributed by atoms with Crippen LogP contribution in [0.1, 0.15) is 46.7 Å². The van der Waals surface area contributed by atoms with Gasteiger partial charge in [-0.1, -0.05) is 19.1 Å². The first-order chi connectivity index (χ1) is 15.5. The summed E-state index contributed by atoms with van der Waals surface area (Å²) in [6.45, 7) is 4.40. The number of furan rings is 1. The molecule has 32 heavy (non-hydrogen) atoms. The minimum atomic E-state index is -0.526. The lowest BCUT2D eigenvalue weighted by Gasteiger charge is -2.25. The van der Waals surface area contributed by atoms with Gasteiger partial charge in [-0.25, -0.2) is 4.79 Å². The molecule has 0 aliphatic carbocycles. The van der Waals surface area contributed by atoms with Crippen molar-refractivity contribution in [2.24, 2.45) is 5.73 Å². The van der Waals surface area contributed by atoms with Crippen LogP contribution in [0, 0.1) is 18.3 Å². The number of hydrogen-bond donors (Lipinski definition) is 1. The van der Waals surface area contributed by atoms with Crippen molar-refractivity contribution in [2.75, 3.05) is 6.61 Å². The minimum Gasteiger partial charge on any atom is -0.494 e. The van der Waals surface area contributed by atoms with Gasteiger partial charge in [0.1, 0.15) is 40.4 Å². The van der Waals surface area contributed by atoms with Gasteiger partial charge in [0.2, 0.25) is 5.88 Å². The molecule has 0 spiro atoms. The molecule has 1 aromatic heterocycles. The molecule has 0 saturated heterocycles. The molecule has 4 rings (SSSR count). The maximum atomic E-state index is 12.6. The van der Waals surface area contributed by atoms with Crippen molar-refractivity contribution in [1.29, 1.82) is 5.26 Å². The molecule has 2 aromatic carbocycles. The Hall–Kier alpha value is -4.18. The van der Waals surface area contributed by atoms with Gasteiger partial charge in [-0.3, -0.25) is 0 Å². The van der Waals surface area contributed by atoms with Crippen LogP contribution >= 0.6 is 0 Å². The van der Waals surface area contributed by atoms with E-state index in [9.17, 15) is 10.1 Å². The molecule has 0 bridgehead atoms. The first-order valence-corrected chi connectivity index (χ1v) is 10.2. The molecule has 7 nitrogen and oxygen atoms in total. The number of benzene rings is 2. The zero-order chi connectivity index (χ0) is 22.7. The Balaban J connectivity index is 1.61. The largest absolute Gasteiger partial charge is 0.494 e. The molecule has 2 N–H and O–H groups in total. The third kappa shape index (κ3) is 4.16. The molecule has 0 saturated carbocycles. The standard InChI is InChI=1S/C25H22N2O5/c1-3-11-29-17-6-4-5-16(12-17)25(28)31-18-8-9-19-22(13-18)32-24(27)20(14-26)23(19)21-10-7-15(2)30-21/h4-10,12-13,23H,3,11,27H2,1-2H3. The molecule has 162 valence electrons. The van der Waals surface area contributed by atoms with Crippen molar-refractivity contribution in [2.45, 2.75) is 26.2 Å². The summed E-state index contributed by atoms with van der Waals surface area (Å²) < 4.78 is 22.5. The average Bonchev–Trinajstić information content (AvgIpc) is 3.22. The van der Waals surface area contributed by atoms with Crippen LogP contribution in [0.25, 0.3) is 0 Å². The van der Waals surface area contributed by atoms with E-state index in [2.05, 4.69) is 6.07 Å². The van der Waals surface area contributed by atoms with Gasteiger partial charge in [-0.05, 0) is 49.7 Å². The zero-order valence-electron chi connectivity index (χ0n) is 17.8. The zero-order valence-corrected chi connectivity index (χ0v) is 17.8. The van der Waals surface area contributed by atoms with Crippen molar-refractivity contribution < 1.29 is 23.4 Å². The van der Waals surface area contributed by atoms with Crippen LogP contribution in [0.5, 0.6) is 17.2 Å². The normalized spacial score (nSPS) is 14.8. The molecule has 3 aromatic rings. The second kappa shape index (κ2) is 8.90. The molecule has 1 unspecified atom stereocenters. The summed E-state index contributed by atoms with van der Waals surface area (Å²) in [5, 5.41) is 9.61. The Labute approximate surface area is 185 Å². The van der Waals surface area contributed by atoms with Gasteiger partial charge in [-0.15, -0.1) is 0 Å². The lowest BCUT2D eigenvalue weighted by Crippen LogP contribution is -2.21. The van der Waals surface area contributed by atoms with Crippen molar-refractivity contribution in [1.82, 2.24) is 0 Å². The topological polar surface area (TPSA) is 108 Å². The van der Waals surface area contributed by atoms with E-state index in [0.717, 1.165) is 12.2 Å². The summed E-state index contributed by atoms with van der Waals surface area (Å²) in [5.41, 5.74) is 7.34. The van der Waals surface area contributed by atoms with E-state index >= 15 is 0 Å². The Morgan fingerprint density at radius 3 is 2.72 bits per heavy atom. The third-order valence-corrected chi connectivity index (χ3v) is 4.99. The minimum absolute atomic E-state index is 0.0108. The van der Waals surface area contributed by atoms with Crippen molar-refractivity contribution >= 4 is 5.97 Å². The lowest BCUT2D eigenvalue weighted by molar-refractivity contribution is 0.0734. The number of nitriles is 1. The van der Waals surface area contributed by atoms with Crippen LogP contribution in [0.15, 0.2) is 70.5 Å². The lowest BCUT2D eigenvalue weighted by atomic mass is 9.87. The van der Waals surface area contributed by atoms with E-state index in [-0.39, 0.29) is 17.2 Å². The summed E-state index contributed by atoms with van der Waals surface area (Å²) in [5.74, 6) is 1.55. The number of nitrogens with two attached hydrogens (primary N) is 1. The first-order valence-electron chi connectivity index (χ1n) is 10.2. The van der Waals surface area contributed by atoms with Crippen LogP contribution in [-0.2, 0) is 0 Å². The van der Waals surface area contributed by atoms with Crippen LogP contribution < -0.4 is 19.9 Å². The Morgan fingerprint density at radius 2 is 2.00 bits per heavy atom. The number of esters is 1. The van der Waals surface area contributed by atoms with Gasteiger partial charge in [0.15, 0.2) is 0 Å². The van der Waals surface area contributed by atoms with Gasteiger partial charge < -0.3 is 24.4 Å². The molecule has 2 heterocycles. The second-order valence-corrected chi connectivity index (χ2v) is 7.34. The smallest absolute Gasteiger partial charge is 0.343 e. The number of aryl methyl sites for hydroxylation is 1. The fourth-order valence-electron chi connectivity index (χ4n) is 3.50. The number of rotatable bonds is 6. The predicted molar refractivity (Wildman–Crippen MR) is 116 cm³/mol. The SMILES string of the molecule is CCCOc1cccc(C(=O)Oc2ccc3c(c2)OC(N)=C(C#N)C3c2ccc(C)o2)c1. The van der Waals surface area contributed by atoms with E-state index in [0.29, 0.717) is 35.0 Å². The number of allylic oxidation sites excluding steroid dienone is 1. The quantitative estimate of drug-likeness (QED) is 0.441. The van der Waals surface area contributed by atoms with Gasteiger partial charge >= 0.3 is 5.97 Å². The monoisotopic (exact) mass is 430 g/mol. The van der Waals surface area contributed by atoms with Crippen LogP contribution in [0.4, 0.5) is 0 Å². The highest BCUT2D eigenvalue weighted by molar-refractivity contribution is 5.91. The molecular formula is C25H22N2O5. The summed E-state index contributed by atoms with van der Waals surface area (Å²) in [4.78, 5) is 12.6. The van der Waals surface area contributed by atoms with Gasteiger partial charge in [0, 0.05) is 11.6 Å². The van der Waals surface area contributed by atoms with Crippen LogP contribution in [0.2, 0.25) is 0 Å². The summed E-state index contributed by atoms with van der Waals surface area (Å²) in [7, 11) is 0. The Bertz CT molecular complexity index is 1240. The maximum Gasteiger partial charge on any atom is 0.343 e. The molecule has 0 amide bonds. The van der Waals surface area contributed by atoms with Gasteiger partial charge in [0.05, 0.1) is 18.1 Å². The predicted octanol–water partition coefficient (Wildman–Crippen LogP) is 4.81. The molecule has 1 aliphatic heterocycles. The number of hydrogen-bond acceptors (Lipinski definition) is 7. The van der Waals surface area contributed by atoms with Crippen LogP contribution in [0.3, 0.4) is 0 Å². The third-order valence-electron chi connectivity index (χ3n) is 4.99. The van der Waals surface area contributed by atoms with E-state index in [1.54, 1.807) is 48.5 Å². The fraction of sp³-hybridized carbons (Fsp3) is 0.200. The first kappa shape index (κ1) is 21.1. The van der Waals surface area contributed by atoms with E-state index in [1.807, 2.05) is 19.9 Å². The molecular weight excluding hydrogens is 408 g/mol. The van der Waals surface area contributed by atoms with Crippen molar-refractivity contribution in [3.63, 3.8) is 0 Å². The summed E-state index contributed by atoms with van der Waals surface area (Å²) in [6.07, 6.45) is 0.869. The van der Waals surface area contributed by atoms with Gasteiger partial charge in [-0.2, -0.15) is 5.26 Å². The molecule has 1 aliphatic rings. The molecule has 0 fully saturated rings. The highest BCUT2D eigenvalue weighted by Crippen LogP contribution is 2.43. The maximum absolute atomic E-state index is 12.6. The fourth-order valence-corrected chi connectivity index (χ4v) is 3.50. The number of nitrogens with zero attached hydrogens (tertiary/aromatic N) is 1. The highest BCUT2D eigenvalue weighted by Gasteiger charge is 2.33. The average molecular weight is 430 g/mol. The van der Waals surface area contributed by atoms with E-state index in [4.69, 9.17) is 24.4 Å². The summed E-state index contributed by atoms with van der Waals surface area (Å²) >= 11 is 0. The number of carbonyl (C=O) groups is 1. The molecule has 0 radical (unpaired) electrons. The number of fused-ring (bicyclic) bond motifs is 1. The number of ether oxygens (including phenoxy) is 3. The van der Waals surface area contributed by atoms with E-state index < -0.39 is 11.9 Å². The molecule has 7 heteroatoms. The molecule has 1 atom stereocenters. The second-order valence-electron chi connectivity index (χ2n) is 7.34. The highest BCUT2D eigenvalue weighted by atomic mass is 16.5. The van der Waals surface area contributed by atoms with Crippen LogP contribution in [-0.4, -0.2) is 12.6 Å². The van der Waals surface area contributed by atoms with Crippen molar-refractivity contribution in [3.8, 4) is 23.3 Å². The summed E-state index contributed by atoms with van der Waals surface area (Å²) in [6, 6.07) is 17.5. The Kier molecular flexibility index (Phi) is 5.86. The van der Waals surface area contributed by atoms with Gasteiger partial charge in [0.25, 0.3) is 0 Å². The Morgan fingerprint density at radius 1 is 1.16 bits per heavy atom. The number of carbonyl (C=O) groups excluding carboxylic acids is 1. The van der Waals surface area contributed by atoms with E-state index in [1.165, 1.54) is 0 Å².